The van der Waals surface area contributed by atoms with E-state index in [1.54, 1.807) is 7.05 Å². The predicted molar refractivity (Wildman–Crippen MR) is 127 cm³/mol. The van der Waals surface area contributed by atoms with Crippen LogP contribution in [0.2, 0.25) is 0 Å². The van der Waals surface area contributed by atoms with Gasteiger partial charge in [0.1, 0.15) is 0 Å². The van der Waals surface area contributed by atoms with Crippen LogP contribution >= 0.6 is 35.7 Å². The highest BCUT2D eigenvalue weighted by molar-refractivity contribution is 14.0. The van der Waals surface area contributed by atoms with Gasteiger partial charge in [-0.05, 0) is 64.0 Å². The molecule has 1 aliphatic heterocycles. The Bertz CT molecular complexity index is 652. The van der Waals surface area contributed by atoms with E-state index in [2.05, 4.69) is 27.9 Å². The maximum Gasteiger partial charge on any atom is 0.251 e. The third-order valence-electron chi connectivity index (χ3n) is 4.29. The summed E-state index contributed by atoms with van der Waals surface area (Å²) in [6, 6.07) is 7.70. The summed E-state index contributed by atoms with van der Waals surface area (Å²) in [7, 11) is 1.78. The number of nitrogens with zero attached hydrogens (tertiary/aromatic N) is 1. The second-order valence-electron chi connectivity index (χ2n) is 8.09. The van der Waals surface area contributed by atoms with E-state index in [9.17, 15) is 4.79 Å². The van der Waals surface area contributed by atoms with Crippen molar-refractivity contribution in [3.05, 3.63) is 35.4 Å². The van der Waals surface area contributed by atoms with Gasteiger partial charge >= 0.3 is 0 Å². The van der Waals surface area contributed by atoms with Crippen LogP contribution in [0.1, 0.15) is 56.5 Å². The molecule has 0 aliphatic carbocycles. The molecule has 0 saturated carbocycles. The van der Waals surface area contributed by atoms with Crippen molar-refractivity contribution in [2.75, 3.05) is 19.3 Å². The van der Waals surface area contributed by atoms with Crippen LogP contribution in [-0.4, -0.2) is 41.5 Å². The van der Waals surface area contributed by atoms with Crippen molar-refractivity contribution in [2.45, 2.75) is 57.4 Å². The highest BCUT2D eigenvalue weighted by atomic mass is 127. The number of aliphatic imine (C=N–C) groups is 1. The highest BCUT2D eigenvalue weighted by Crippen LogP contribution is 2.36. The summed E-state index contributed by atoms with van der Waals surface area (Å²) in [4.78, 5) is 16.6. The van der Waals surface area contributed by atoms with Crippen LogP contribution in [0, 0.1) is 0 Å². The van der Waals surface area contributed by atoms with Crippen molar-refractivity contribution < 1.29 is 4.79 Å². The first-order chi connectivity index (χ1) is 12.2. The second kappa shape index (κ2) is 10.5. The zero-order valence-electron chi connectivity index (χ0n) is 17.0. The van der Waals surface area contributed by atoms with Gasteiger partial charge in [-0.1, -0.05) is 12.1 Å². The fraction of sp³-hybridized carbons (Fsp3) is 0.600. The van der Waals surface area contributed by atoms with Gasteiger partial charge < -0.3 is 16.0 Å². The molecule has 152 valence electrons. The first kappa shape index (κ1) is 24.1. The molecular formula is C20H33IN4OS. The quantitative estimate of drug-likeness (QED) is 0.325. The van der Waals surface area contributed by atoms with Gasteiger partial charge in [-0.15, -0.1) is 24.0 Å². The van der Waals surface area contributed by atoms with Crippen LogP contribution < -0.4 is 16.0 Å². The van der Waals surface area contributed by atoms with E-state index in [-0.39, 0.29) is 35.4 Å². The molecule has 1 saturated heterocycles. The number of nitrogens with one attached hydrogen (secondary N) is 3. The minimum atomic E-state index is -0.244. The van der Waals surface area contributed by atoms with Crippen LogP contribution in [0.15, 0.2) is 29.3 Å². The van der Waals surface area contributed by atoms with Crippen LogP contribution in [0.5, 0.6) is 0 Å². The third kappa shape index (κ3) is 8.29. The standard InChI is InChI=1S/C20H32N4OS.HI/c1-19(2,3)24-17(25)16-9-6-8-15(12-16)13-22-18(21-5)23-14-20(4)10-7-11-26-20;/h6,8-9,12H,7,10-11,13-14H2,1-5H3,(H,24,25)(H2,21,22,23);1H. The monoisotopic (exact) mass is 504 g/mol. The molecular weight excluding hydrogens is 471 g/mol. The zero-order valence-corrected chi connectivity index (χ0v) is 20.2. The normalized spacial score (nSPS) is 20.0. The molecule has 1 aromatic carbocycles. The Morgan fingerprint density at radius 1 is 1.30 bits per heavy atom. The number of hydrogen-bond donors (Lipinski definition) is 3. The Morgan fingerprint density at radius 3 is 2.63 bits per heavy atom. The number of benzene rings is 1. The van der Waals surface area contributed by atoms with Crippen molar-refractivity contribution in [2.24, 2.45) is 4.99 Å². The van der Waals surface area contributed by atoms with Gasteiger partial charge in [0.2, 0.25) is 0 Å². The van der Waals surface area contributed by atoms with Crippen LogP contribution in [0.4, 0.5) is 0 Å². The molecule has 1 aromatic rings. The van der Waals surface area contributed by atoms with E-state index in [0.29, 0.717) is 16.9 Å². The van der Waals surface area contributed by atoms with Crippen LogP contribution in [-0.2, 0) is 6.54 Å². The molecule has 27 heavy (non-hydrogen) atoms. The van der Waals surface area contributed by atoms with Crippen molar-refractivity contribution >= 4 is 47.6 Å². The van der Waals surface area contributed by atoms with Gasteiger partial charge in [0.15, 0.2) is 5.96 Å². The van der Waals surface area contributed by atoms with E-state index < -0.39 is 0 Å². The van der Waals surface area contributed by atoms with E-state index in [4.69, 9.17) is 0 Å². The summed E-state index contributed by atoms with van der Waals surface area (Å²) < 4.78 is 0.294. The van der Waals surface area contributed by atoms with Gasteiger partial charge in [-0.3, -0.25) is 9.79 Å². The van der Waals surface area contributed by atoms with Crippen molar-refractivity contribution in [1.29, 1.82) is 0 Å². The lowest BCUT2D eigenvalue weighted by molar-refractivity contribution is 0.0919. The zero-order chi connectivity index (χ0) is 19.2. The molecule has 5 nitrogen and oxygen atoms in total. The lowest BCUT2D eigenvalue weighted by Crippen LogP contribution is -2.43. The molecule has 2 rings (SSSR count). The topological polar surface area (TPSA) is 65.5 Å². The van der Waals surface area contributed by atoms with Gasteiger partial charge in [0, 0.05) is 36.0 Å². The van der Waals surface area contributed by atoms with E-state index in [1.165, 1.54) is 18.6 Å². The smallest absolute Gasteiger partial charge is 0.251 e. The number of guanidine groups is 1. The molecule has 1 fully saturated rings. The van der Waals surface area contributed by atoms with E-state index >= 15 is 0 Å². The second-order valence-corrected chi connectivity index (χ2v) is 9.77. The number of hydrogen-bond acceptors (Lipinski definition) is 3. The van der Waals surface area contributed by atoms with E-state index in [1.807, 2.05) is 56.8 Å². The van der Waals surface area contributed by atoms with Gasteiger partial charge in [0.05, 0.1) is 0 Å². The first-order valence-corrected chi connectivity index (χ1v) is 10.2. The SMILES string of the molecule is CN=C(NCc1cccc(C(=O)NC(C)(C)C)c1)NCC1(C)CCCS1.I. The minimum Gasteiger partial charge on any atom is -0.355 e. The largest absolute Gasteiger partial charge is 0.355 e. The Hall–Kier alpha value is -0.960. The number of halogens is 1. The number of amides is 1. The maximum absolute atomic E-state index is 12.3. The number of carbonyl (C=O) groups is 1. The molecule has 1 aliphatic rings. The molecule has 0 radical (unpaired) electrons. The number of thioether (sulfide) groups is 1. The fourth-order valence-electron chi connectivity index (χ4n) is 2.89. The van der Waals surface area contributed by atoms with Gasteiger partial charge in [-0.25, -0.2) is 0 Å². The maximum atomic E-state index is 12.3. The summed E-state index contributed by atoms with van der Waals surface area (Å²) in [6.07, 6.45) is 2.53. The Balaban J connectivity index is 0.00000364. The molecule has 1 atom stereocenters. The Morgan fingerprint density at radius 2 is 2.04 bits per heavy atom. The fourth-order valence-corrected chi connectivity index (χ4v) is 4.13. The average Bonchev–Trinajstić information content (AvgIpc) is 3.01. The van der Waals surface area contributed by atoms with Crippen LogP contribution in [0.25, 0.3) is 0 Å². The highest BCUT2D eigenvalue weighted by Gasteiger charge is 2.29. The van der Waals surface area contributed by atoms with Gasteiger partial charge in [-0.2, -0.15) is 11.8 Å². The molecule has 7 heteroatoms. The minimum absolute atomic E-state index is 0. The molecule has 1 amide bonds. The molecule has 0 spiro atoms. The summed E-state index contributed by atoms with van der Waals surface area (Å²) in [5.74, 6) is 1.99. The lowest BCUT2D eigenvalue weighted by atomic mass is 10.1. The van der Waals surface area contributed by atoms with Crippen molar-refractivity contribution in [3.63, 3.8) is 0 Å². The first-order valence-electron chi connectivity index (χ1n) is 9.21. The number of carbonyl (C=O) groups excluding carboxylic acids is 1. The Kier molecular flexibility index (Phi) is 9.41. The summed E-state index contributed by atoms with van der Waals surface area (Å²) >= 11 is 2.03. The van der Waals surface area contributed by atoms with Crippen molar-refractivity contribution in [1.82, 2.24) is 16.0 Å². The summed E-state index contributed by atoms with van der Waals surface area (Å²) in [5, 5.41) is 9.77. The molecule has 1 unspecified atom stereocenters. The summed E-state index contributed by atoms with van der Waals surface area (Å²) in [6.45, 7) is 9.78. The van der Waals surface area contributed by atoms with Crippen molar-refractivity contribution in [3.8, 4) is 0 Å². The van der Waals surface area contributed by atoms with E-state index in [0.717, 1.165) is 18.1 Å². The molecule has 1 heterocycles. The molecule has 3 N–H and O–H groups in total. The lowest BCUT2D eigenvalue weighted by Gasteiger charge is -2.24. The van der Waals surface area contributed by atoms with Crippen LogP contribution in [0.3, 0.4) is 0 Å². The average molecular weight is 504 g/mol. The van der Waals surface area contributed by atoms with Gasteiger partial charge in [0.25, 0.3) is 5.91 Å². The summed E-state index contributed by atoms with van der Waals surface area (Å²) in [5.41, 5.74) is 1.49. The number of rotatable bonds is 5. The molecule has 0 bridgehead atoms. The Labute approximate surface area is 185 Å². The predicted octanol–water partition coefficient (Wildman–Crippen LogP) is 3.78. The third-order valence-corrected chi connectivity index (χ3v) is 5.83. The molecule has 0 aromatic heterocycles.